The second kappa shape index (κ2) is 6.52. The van der Waals surface area contributed by atoms with Gasteiger partial charge in [0.25, 0.3) is 5.91 Å². The van der Waals surface area contributed by atoms with E-state index in [1.165, 1.54) is 0 Å². The number of aromatic nitrogens is 1. The van der Waals surface area contributed by atoms with E-state index in [0.29, 0.717) is 5.56 Å². The van der Waals surface area contributed by atoms with Gasteiger partial charge in [-0.25, -0.2) is 0 Å². The van der Waals surface area contributed by atoms with Crippen molar-refractivity contribution in [2.24, 2.45) is 0 Å². The highest BCUT2D eigenvalue weighted by Gasteiger charge is 2.16. The van der Waals surface area contributed by atoms with E-state index in [4.69, 9.17) is 4.74 Å². The van der Waals surface area contributed by atoms with Crippen LogP contribution in [-0.2, 0) is 4.74 Å². The van der Waals surface area contributed by atoms with Crippen molar-refractivity contribution in [1.29, 1.82) is 0 Å². The van der Waals surface area contributed by atoms with Gasteiger partial charge in [-0.05, 0) is 19.9 Å². The SMILES string of the molecule is CCN(CC)C(=O)c1cncc(N2CCOCC2)c1. The third kappa shape index (κ3) is 3.23. The average Bonchev–Trinajstić information content (AvgIpc) is 2.49. The maximum absolute atomic E-state index is 12.3. The number of carbonyl (C=O) groups is 1. The molecule has 5 heteroatoms. The molecule has 0 unspecified atom stereocenters. The summed E-state index contributed by atoms with van der Waals surface area (Å²) in [6.07, 6.45) is 3.45. The van der Waals surface area contributed by atoms with E-state index in [9.17, 15) is 4.79 Å². The van der Waals surface area contributed by atoms with Gasteiger partial charge in [-0.1, -0.05) is 0 Å². The third-order valence-corrected chi connectivity index (χ3v) is 3.40. The van der Waals surface area contributed by atoms with Crippen LogP contribution in [0.25, 0.3) is 0 Å². The first-order valence-electron chi connectivity index (χ1n) is 6.83. The van der Waals surface area contributed by atoms with Crippen LogP contribution in [0.1, 0.15) is 24.2 Å². The molecule has 0 aromatic carbocycles. The molecule has 1 aromatic rings. The predicted molar refractivity (Wildman–Crippen MR) is 74.5 cm³/mol. The molecule has 0 atom stereocenters. The molecule has 0 saturated carbocycles. The van der Waals surface area contributed by atoms with Gasteiger partial charge >= 0.3 is 0 Å². The Hall–Kier alpha value is -1.62. The van der Waals surface area contributed by atoms with Crippen LogP contribution < -0.4 is 4.90 Å². The summed E-state index contributed by atoms with van der Waals surface area (Å²) < 4.78 is 5.33. The quantitative estimate of drug-likeness (QED) is 0.824. The van der Waals surface area contributed by atoms with Gasteiger partial charge < -0.3 is 14.5 Å². The molecule has 0 bridgehead atoms. The molecule has 2 heterocycles. The average molecular weight is 263 g/mol. The number of pyridine rings is 1. The lowest BCUT2D eigenvalue weighted by Crippen LogP contribution is -2.36. The van der Waals surface area contributed by atoms with E-state index in [0.717, 1.165) is 45.1 Å². The number of nitrogens with zero attached hydrogens (tertiary/aromatic N) is 3. The number of amides is 1. The summed E-state index contributed by atoms with van der Waals surface area (Å²) in [6, 6.07) is 1.93. The van der Waals surface area contributed by atoms with Crippen LogP contribution in [0.15, 0.2) is 18.5 Å². The Balaban J connectivity index is 2.16. The van der Waals surface area contributed by atoms with Crippen molar-refractivity contribution >= 4 is 11.6 Å². The first-order chi connectivity index (χ1) is 9.26. The van der Waals surface area contributed by atoms with Crippen molar-refractivity contribution < 1.29 is 9.53 Å². The standard InChI is InChI=1S/C14H21N3O2/c1-3-16(4-2)14(18)12-9-13(11-15-10-12)17-5-7-19-8-6-17/h9-11H,3-8H2,1-2H3. The largest absolute Gasteiger partial charge is 0.378 e. The molecular weight excluding hydrogens is 242 g/mol. The molecule has 1 aliphatic rings. The molecule has 0 aliphatic carbocycles. The van der Waals surface area contributed by atoms with Crippen LogP contribution >= 0.6 is 0 Å². The number of hydrogen-bond acceptors (Lipinski definition) is 4. The first-order valence-corrected chi connectivity index (χ1v) is 6.83. The van der Waals surface area contributed by atoms with Gasteiger partial charge in [-0.3, -0.25) is 9.78 Å². The van der Waals surface area contributed by atoms with Crippen LogP contribution in [0.3, 0.4) is 0 Å². The van der Waals surface area contributed by atoms with Crippen molar-refractivity contribution in [2.75, 3.05) is 44.3 Å². The summed E-state index contributed by atoms with van der Waals surface area (Å²) in [5.74, 6) is 0.0487. The number of carbonyl (C=O) groups excluding carboxylic acids is 1. The second-order valence-corrected chi connectivity index (χ2v) is 4.51. The third-order valence-electron chi connectivity index (χ3n) is 3.40. The lowest BCUT2D eigenvalue weighted by Gasteiger charge is -2.29. The molecular formula is C14H21N3O2. The minimum atomic E-state index is 0.0487. The molecule has 1 amide bonds. The van der Waals surface area contributed by atoms with Crippen molar-refractivity contribution in [1.82, 2.24) is 9.88 Å². The van der Waals surface area contributed by atoms with Gasteiger partial charge in [0.1, 0.15) is 0 Å². The Bertz CT molecular complexity index is 426. The molecule has 0 N–H and O–H groups in total. The zero-order valence-electron chi connectivity index (χ0n) is 11.6. The van der Waals surface area contributed by atoms with Gasteiger partial charge in [-0.2, -0.15) is 0 Å². The molecule has 2 rings (SSSR count). The van der Waals surface area contributed by atoms with Crippen LogP contribution in [0.4, 0.5) is 5.69 Å². The fourth-order valence-corrected chi connectivity index (χ4v) is 2.23. The Kier molecular flexibility index (Phi) is 4.74. The summed E-state index contributed by atoms with van der Waals surface area (Å²) in [5.41, 5.74) is 1.66. The molecule has 1 saturated heterocycles. The lowest BCUT2D eigenvalue weighted by atomic mass is 10.2. The van der Waals surface area contributed by atoms with Gasteiger partial charge in [0.15, 0.2) is 0 Å². The molecule has 1 aromatic heterocycles. The van der Waals surface area contributed by atoms with Gasteiger partial charge in [-0.15, -0.1) is 0 Å². The van der Waals surface area contributed by atoms with Crippen LogP contribution in [-0.4, -0.2) is 55.2 Å². The summed E-state index contributed by atoms with van der Waals surface area (Å²) in [6.45, 7) is 8.58. The minimum Gasteiger partial charge on any atom is -0.378 e. The summed E-state index contributed by atoms with van der Waals surface area (Å²) in [7, 11) is 0. The van der Waals surface area contributed by atoms with Crippen LogP contribution in [0.2, 0.25) is 0 Å². The lowest BCUT2D eigenvalue weighted by molar-refractivity contribution is 0.0772. The molecule has 1 aliphatic heterocycles. The number of ether oxygens (including phenoxy) is 1. The van der Waals surface area contributed by atoms with Crippen molar-refractivity contribution in [2.45, 2.75) is 13.8 Å². The Morgan fingerprint density at radius 3 is 2.63 bits per heavy atom. The van der Waals surface area contributed by atoms with E-state index in [1.807, 2.05) is 26.1 Å². The van der Waals surface area contributed by atoms with E-state index < -0.39 is 0 Å². The Morgan fingerprint density at radius 1 is 1.32 bits per heavy atom. The normalized spacial score (nSPS) is 15.4. The molecule has 5 nitrogen and oxygen atoms in total. The monoisotopic (exact) mass is 263 g/mol. The maximum atomic E-state index is 12.3. The van der Waals surface area contributed by atoms with Crippen LogP contribution in [0.5, 0.6) is 0 Å². The summed E-state index contributed by atoms with van der Waals surface area (Å²) >= 11 is 0. The van der Waals surface area contributed by atoms with E-state index in [-0.39, 0.29) is 5.91 Å². The highest BCUT2D eigenvalue weighted by Crippen LogP contribution is 2.17. The number of anilines is 1. The van der Waals surface area contributed by atoms with Gasteiger partial charge in [0, 0.05) is 32.4 Å². The topological polar surface area (TPSA) is 45.7 Å². The zero-order valence-corrected chi connectivity index (χ0v) is 11.6. The molecule has 104 valence electrons. The van der Waals surface area contributed by atoms with Crippen molar-refractivity contribution in [3.05, 3.63) is 24.0 Å². The molecule has 1 fully saturated rings. The number of morpholine rings is 1. The number of hydrogen-bond donors (Lipinski definition) is 0. The van der Waals surface area contributed by atoms with E-state index in [2.05, 4.69) is 9.88 Å². The molecule has 19 heavy (non-hydrogen) atoms. The Morgan fingerprint density at radius 2 is 2.00 bits per heavy atom. The zero-order chi connectivity index (χ0) is 13.7. The summed E-state index contributed by atoms with van der Waals surface area (Å²) in [4.78, 5) is 20.5. The van der Waals surface area contributed by atoms with Gasteiger partial charge in [0.2, 0.25) is 0 Å². The Labute approximate surface area is 114 Å². The minimum absolute atomic E-state index is 0.0487. The van der Waals surface area contributed by atoms with Crippen LogP contribution in [0, 0.1) is 0 Å². The van der Waals surface area contributed by atoms with Crippen molar-refractivity contribution in [3.8, 4) is 0 Å². The predicted octanol–water partition coefficient (Wildman–Crippen LogP) is 1.40. The molecule has 0 radical (unpaired) electrons. The fourth-order valence-electron chi connectivity index (χ4n) is 2.23. The fraction of sp³-hybridized carbons (Fsp3) is 0.571. The molecule has 0 spiro atoms. The highest BCUT2D eigenvalue weighted by atomic mass is 16.5. The number of rotatable bonds is 4. The van der Waals surface area contributed by atoms with E-state index in [1.54, 1.807) is 11.1 Å². The highest BCUT2D eigenvalue weighted by molar-refractivity contribution is 5.94. The maximum Gasteiger partial charge on any atom is 0.255 e. The summed E-state index contributed by atoms with van der Waals surface area (Å²) in [5, 5.41) is 0. The smallest absolute Gasteiger partial charge is 0.255 e. The van der Waals surface area contributed by atoms with Crippen molar-refractivity contribution in [3.63, 3.8) is 0 Å². The van der Waals surface area contributed by atoms with Gasteiger partial charge in [0.05, 0.1) is 30.7 Å². The second-order valence-electron chi connectivity index (χ2n) is 4.51. The van der Waals surface area contributed by atoms with E-state index >= 15 is 0 Å². The first kappa shape index (κ1) is 13.8.